The molecule has 4 rings (SSSR count). The molecular weight excluding hydrogens is 528 g/mol. The molecule has 4 aromatic rings. The molecule has 0 heterocycles. The molecule has 0 bridgehead atoms. The highest BCUT2D eigenvalue weighted by Crippen LogP contribution is 2.33. The Morgan fingerprint density at radius 2 is 0.583 bits per heavy atom. The van der Waals surface area contributed by atoms with Crippen LogP contribution in [0, 0.1) is 0 Å². The molecule has 0 radical (unpaired) electrons. The van der Waals surface area contributed by atoms with Crippen LogP contribution in [0.5, 0.6) is 17.2 Å². The molecule has 0 unspecified atom stereocenters. The molecule has 0 aromatic heterocycles. The lowest BCUT2D eigenvalue weighted by molar-refractivity contribution is 0.466. The standard InChI is InChI=1S/C24H18O9S3/c25-34(26,22-10-4-1-5-11-22)31-19-16-20(32-35(27,28)23-12-6-2-7-13-23)18-21(17-19)33-36(29,30)24-14-8-3-9-15-24/h1-18H. The van der Waals surface area contributed by atoms with E-state index in [1.807, 2.05) is 0 Å². The van der Waals surface area contributed by atoms with E-state index in [0.29, 0.717) is 0 Å². The van der Waals surface area contributed by atoms with E-state index in [0.717, 1.165) is 18.2 Å². The quantitative estimate of drug-likeness (QED) is 0.286. The van der Waals surface area contributed by atoms with Crippen molar-refractivity contribution >= 4 is 30.4 Å². The van der Waals surface area contributed by atoms with Crippen molar-refractivity contribution in [1.82, 2.24) is 0 Å². The highest BCUT2D eigenvalue weighted by Gasteiger charge is 2.23. The van der Waals surface area contributed by atoms with Crippen LogP contribution < -0.4 is 12.5 Å². The third-order valence-electron chi connectivity index (χ3n) is 4.57. The molecule has 4 aromatic carbocycles. The van der Waals surface area contributed by atoms with Gasteiger partial charge in [-0.2, -0.15) is 25.3 Å². The van der Waals surface area contributed by atoms with Crippen LogP contribution in [0.25, 0.3) is 0 Å². The first-order valence-electron chi connectivity index (χ1n) is 10.2. The van der Waals surface area contributed by atoms with Gasteiger partial charge < -0.3 is 12.5 Å². The zero-order chi connectivity index (χ0) is 25.8. The molecule has 9 nitrogen and oxygen atoms in total. The fourth-order valence-electron chi connectivity index (χ4n) is 2.98. The van der Waals surface area contributed by atoms with Crippen LogP contribution in [-0.4, -0.2) is 25.3 Å². The van der Waals surface area contributed by atoms with Gasteiger partial charge in [0.1, 0.15) is 31.9 Å². The summed E-state index contributed by atoms with van der Waals surface area (Å²) in [7, 11) is -13.0. The zero-order valence-corrected chi connectivity index (χ0v) is 20.7. The molecular formula is C24H18O9S3. The number of benzene rings is 4. The molecule has 186 valence electrons. The molecule has 0 saturated carbocycles. The van der Waals surface area contributed by atoms with Crippen molar-refractivity contribution in [2.75, 3.05) is 0 Å². The maximum atomic E-state index is 12.7. The first kappa shape index (κ1) is 25.2. The maximum absolute atomic E-state index is 12.7. The third kappa shape index (κ3) is 6.03. The Morgan fingerprint density at radius 3 is 0.806 bits per heavy atom. The zero-order valence-electron chi connectivity index (χ0n) is 18.3. The minimum atomic E-state index is -4.35. The Morgan fingerprint density at radius 1 is 0.361 bits per heavy atom. The second-order valence-electron chi connectivity index (χ2n) is 7.19. The van der Waals surface area contributed by atoms with Gasteiger partial charge >= 0.3 is 30.4 Å². The lowest BCUT2D eigenvalue weighted by atomic mass is 10.3. The van der Waals surface area contributed by atoms with E-state index in [-0.39, 0.29) is 14.7 Å². The van der Waals surface area contributed by atoms with Crippen molar-refractivity contribution in [2.24, 2.45) is 0 Å². The second kappa shape index (κ2) is 10.0. The van der Waals surface area contributed by atoms with Crippen molar-refractivity contribution in [3.63, 3.8) is 0 Å². The van der Waals surface area contributed by atoms with E-state index in [1.54, 1.807) is 18.2 Å². The second-order valence-corrected chi connectivity index (χ2v) is 11.8. The molecule has 0 aliphatic rings. The molecule has 0 saturated heterocycles. The van der Waals surface area contributed by atoms with Gasteiger partial charge in [0.15, 0.2) is 0 Å². The predicted molar refractivity (Wildman–Crippen MR) is 129 cm³/mol. The van der Waals surface area contributed by atoms with E-state index in [1.165, 1.54) is 72.8 Å². The van der Waals surface area contributed by atoms with E-state index in [9.17, 15) is 25.3 Å². The molecule has 0 atom stereocenters. The Kier molecular flexibility index (Phi) is 7.02. The normalized spacial score (nSPS) is 12.0. The summed E-state index contributed by atoms with van der Waals surface area (Å²) in [5.74, 6) is -1.30. The van der Waals surface area contributed by atoms with Crippen LogP contribution in [-0.2, 0) is 30.4 Å². The van der Waals surface area contributed by atoms with Gasteiger partial charge in [0.2, 0.25) is 0 Å². The van der Waals surface area contributed by atoms with Crippen molar-refractivity contribution in [2.45, 2.75) is 14.7 Å². The number of hydrogen-bond acceptors (Lipinski definition) is 9. The fraction of sp³-hybridized carbons (Fsp3) is 0. The van der Waals surface area contributed by atoms with Gasteiger partial charge in [0.25, 0.3) is 0 Å². The molecule has 0 N–H and O–H groups in total. The summed E-state index contributed by atoms with van der Waals surface area (Å²) in [6.45, 7) is 0. The SMILES string of the molecule is O=S(=O)(Oc1cc(OS(=O)(=O)c2ccccc2)cc(OS(=O)(=O)c2ccccc2)c1)c1ccccc1. The molecule has 0 amide bonds. The minimum Gasteiger partial charge on any atom is -0.379 e. The van der Waals surface area contributed by atoms with Crippen molar-refractivity contribution in [3.05, 3.63) is 109 Å². The van der Waals surface area contributed by atoms with Gasteiger partial charge in [0, 0.05) is 18.2 Å². The van der Waals surface area contributed by atoms with Crippen LogP contribution in [0.4, 0.5) is 0 Å². The average Bonchev–Trinajstić information content (AvgIpc) is 2.85. The van der Waals surface area contributed by atoms with E-state index >= 15 is 0 Å². The molecule has 12 heteroatoms. The van der Waals surface area contributed by atoms with Crippen LogP contribution >= 0.6 is 0 Å². The van der Waals surface area contributed by atoms with Gasteiger partial charge in [-0.3, -0.25) is 0 Å². The monoisotopic (exact) mass is 546 g/mol. The van der Waals surface area contributed by atoms with E-state index < -0.39 is 47.6 Å². The molecule has 0 aliphatic heterocycles. The van der Waals surface area contributed by atoms with Crippen molar-refractivity contribution in [1.29, 1.82) is 0 Å². The summed E-state index contributed by atoms with van der Waals surface area (Å²) in [5.41, 5.74) is 0. The third-order valence-corrected chi connectivity index (χ3v) is 8.35. The van der Waals surface area contributed by atoms with Gasteiger partial charge in [-0.15, -0.1) is 0 Å². The Bertz CT molecular complexity index is 1450. The maximum Gasteiger partial charge on any atom is 0.339 e. The molecule has 36 heavy (non-hydrogen) atoms. The van der Waals surface area contributed by atoms with Gasteiger partial charge in [-0.1, -0.05) is 54.6 Å². The van der Waals surface area contributed by atoms with Gasteiger partial charge in [-0.25, -0.2) is 0 Å². The Hall–Kier alpha value is -3.87. The predicted octanol–water partition coefficient (Wildman–Crippen LogP) is 3.99. The summed E-state index contributed by atoms with van der Waals surface area (Å²) in [5, 5.41) is 0. The summed E-state index contributed by atoms with van der Waals surface area (Å²) in [4.78, 5) is -0.521. The largest absolute Gasteiger partial charge is 0.379 e. The highest BCUT2D eigenvalue weighted by atomic mass is 32.2. The lowest BCUT2D eigenvalue weighted by Crippen LogP contribution is -2.13. The van der Waals surface area contributed by atoms with Gasteiger partial charge in [-0.05, 0) is 36.4 Å². The Labute approximate surface area is 208 Å². The van der Waals surface area contributed by atoms with Gasteiger partial charge in [0.05, 0.1) is 0 Å². The van der Waals surface area contributed by atoms with Crippen LogP contribution in [0.2, 0.25) is 0 Å². The topological polar surface area (TPSA) is 130 Å². The van der Waals surface area contributed by atoms with Crippen molar-refractivity contribution in [3.8, 4) is 17.2 Å². The molecule has 0 spiro atoms. The summed E-state index contributed by atoms with van der Waals surface area (Å²) in [6.07, 6.45) is 0. The van der Waals surface area contributed by atoms with E-state index in [4.69, 9.17) is 12.5 Å². The van der Waals surface area contributed by atoms with Crippen molar-refractivity contribution < 1.29 is 37.8 Å². The van der Waals surface area contributed by atoms with Crippen LogP contribution in [0.15, 0.2) is 124 Å². The first-order chi connectivity index (χ1) is 17.1. The first-order valence-corrected chi connectivity index (χ1v) is 14.4. The minimum absolute atomic E-state index is 0.174. The lowest BCUT2D eigenvalue weighted by Gasteiger charge is -2.13. The van der Waals surface area contributed by atoms with E-state index in [2.05, 4.69) is 0 Å². The van der Waals surface area contributed by atoms with Crippen LogP contribution in [0.3, 0.4) is 0 Å². The highest BCUT2D eigenvalue weighted by molar-refractivity contribution is 7.87. The summed E-state index contributed by atoms with van der Waals surface area (Å²) in [6, 6.07) is 24.5. The fourth-order valence-corrected chi connectivity index (χ4v) is 5.78. The smallest absolute Gasteiger partial charge is 0.339 e. The number of hydrogen-bond donors (Lipinski definition) is 0. The number of rotatable bonds is 9. The average molecular weight is 547 g/mol. The summed E-state index contributed by atoms with van der Waals surface area (Å²) >= 11 is 0. The van der Waals surface area contributed by atoms with Crippen LogP contribution in [0.1, 0.15) is 0 Å². The summed E-state index contributed by atoms with van der Waals surface area (Å²) < 4.78 is 91.6. The molecule has 0 fully saturated rings. The molecule has 0 aliphatic carbocycles. The Balaban J connectivity index is 1.74.